The van der Waals surface area contributed by atoms with Crippen LogP contribution in [0.25, 0.3) is 0 Å². The number of hydroxylamine groups is 1. The van der Waals surface area contributed by atoms with E-state index in [1.807, 2.05) is 0 Å². The Balaban J connectivity index is 1.86. The van der Waals surface area contributed by atoms with Crippen LogP contribution in [-0.4, -0.2) is 48.7 Å². The van der Waals surface area contributed by atoms with Gasteiger partial charge in [-0.3, -0.25) is 4.84 Å². The lowest BCUT2D eigenvalue weighted by Gasteiger charge is -2.27. The van der Waals surface area contributed by atoms with E-state index in [1.54, 1.807) is 0 Å². The van der Waals surface area contributed by atoms with Crippen LogP contribution >= 0.6 is 0 Å². The summed E-state index contributed by atoms with van der Waals surface area (Å²) in [5.41, 5.74) is 2.75. The monoisotopic (exact) mass is 162 g/mol. The third-order valence-corrected chi connectivity index (χ3v) is 1.52. The van der Waals surface area contributed by atoms with E-state index in [-0.39, 0.29) is 13.2 Å². The SMILES string of the molecule is OCC(O)CONC1CNC1. The average molecular weight is 162 g/mol. The van der Waals surface area contributed by atoms with Gasteiger partial charge in [-0.15, -0.1) is 0 Å². The van der Waals surface area contributed by atoms with Gasteiger partial charge in [-0.05, 0) is 0 Å². The van der Waals surface area contributed by atoms with Gasteiger partial charge in [0, 0.05) is 13.1 Å². The molecule has 0 aliphatic carbocycles. The summed E-state index contributed by atoms with van der Waals surface area (Å²) in [7, 11) is 0. The molecule has 5 nitrogen and oxygen atoms in total. The molecule has 0 aromatic rings. The maximum absolute atomic E-state index is 8.83. The van der Waals surface area contributed by atoms with E-state index in [4.69, 9.17) is 15.1 Å². The van der Waals surface area contributed by atoms with Crippen LogP contribution in [0.4, 0.5) is 0 Å². The molecule has 0 spiro atoms. The molecule has 0 bridgehead atoms. The van der Waals surface area contributed by atoms with E-state index in [9.17, 15) is 0 Å². The lowest BCUT2D eigenvalue weighted by Crippen LogP contribution is -2.55. The third-order valence-electron chi connectivity index (χ3n) is 1.52. The summed E-state index contributed by atoms with van der Waals surface area (Å²) < 4.78 is 0. The largest absolute Gasteiger partial charge is 0.394 e. The maximum atomic E-state index is 8.83. The number of hydrogen-bond acceptors (Lipinski definition) is 5. The highest BCUT2D eigenvalue weighted by atomic mass is 16.7. The Morgan fingerprint density at radius 3 is 2.82 bits per heavy atom. The summed E-state index contributed by atoms with van der Waals surface area (Å²) in [5, 5.41) is 20.3. The molecule has 1 aliphatic heterocycles. The van der Waals surface area contributed by atoms with Crippen LogP contribution in [0, 0.1) is 0 Å². The van der Waals surface area contributed by atoms with Crippen LogP contribution in [0.5, 0.6) is 0 Å². The van der Waals surface area contributed by atoms with Gasteiger partial charge >= 0.3 is 0 Å². The normalized spacial score (nSPS) is 21.3. The summed E-state index contributed by atoms with van der Waals surface area (Å²) in [6.45, 7) is 1.67. The van der Waals surface area contributed by atoms with Gasteiger partial charge < -0.3 is 15.5 Å². The molecular weight excluding hydrogens is 148 g/mol. The number of rotatable bonds is 5. The Morgan fingerprint density at radius 1 is 1.64 bits per heavy atom. The van der Waals surface area contributed by atoms with E-state index < -0.39 is 6.10 Å². The molecule has 0 saturated carbocycles. The van der Waals surface area contributed by atoms with Gasteiger partial charge in [0.1, 0.15) is 6.10 Å². The van der Waals surface area contributed by atoms with Crippen molar-refractivity contribution in [3.05, 3.63) is 0 Å². The number of aliphatic hydroxyl groups is 2. The minimum absolute atomic E-state index is 0.132. The molecule has 11 heavy (non-hydrogen) atoms. The quantitative estimate of drug-likeness (QED) is 0.346. The topological polar surface area (TPSA) is 73.8 Å². The van der Waals surface area contributed by atoms with Gasteiger partial charge in [0.2, 0.25) is 0 Å². The Bertz CT molecular complexity index is 103. The molecule has 5 heteroatoms. The first-order valence-corrected chi connectivity index (χ1v) is 3.70. The zero-order valence-electron chi connectivity index (χ0n) is 6.29. The maximum Gasteiger partial charge on any atom is 0.102 e. The van der Waals surface area contributed by atoms with Crippen molar-refractivity contribution >= 4 is 0 Å². The second-order valence-corrected chi connectivity index (χ2v) is 2.62. The van der Waals surface area contributed by atoms with Gasteiger partial charge in [0.05, 0.1) is 19.3 Å². The van der Waals surface area contributed by atoms with Crippen LogP contribution in [0.3, 0.4) is 0 Å². The van der Waals surface area contributed by atoms with Crippen LogP contribution < -0.4 is 10.8 Å². The number of hydrogen-bond donors (Lipinski definition) is 4. The summed E-state index contributed by atoms with van der Waals surface area (Å²) in [4.78, 5) is 4.89. The van der Waals surface area contributed by atoms with Gasteiger partial charge in [-0.25, -0.2) is 0 Å². The van der Waals surface area contributed by atoms with E-state index in [2.05, 4.69) is 10.8 Å². The van der Waals surface area contributed by atoms with E-state index >= 15 is 0 Å². The van der Waals surface area contributed by atoms with Gasteiger partial charge in [-0.2, -0.15) is 5.48 Å². The van der Waals surface area contributed by atoms with Crippen LogP contribution in [-0.2, 0) is 4.84 Å². The lowest BCUT2D eigenvalue weighted by atomic mass is 10.2. The minimum atomic E-state index is -0.782. The van der Waals surface area contributed by atoms with E-state index in [0.29, 0.717) is 6.04 Å². The molecule has 0 aromatic carbocycles. The Kier molecular flexibility index (Phi) is 3.74. The molecule has 1 rings (SSSR count). The molecule has 0 radical (unpaired) electrons. The number of nitrogens with one attached hydrogen (secondary N) is 2. The molecule has 1 atom stereocenters. The standard InChI is InChI=1S/C6H14N2O3/c9-3-6(10)4-11-8-5-1-7-2-5/h5-10H,1-4H2. The molecule has 1 heterocycles. The van der Waals surface area contributed by atoms with Crippen LogP contribution in [0.2, 0.25) is 0 Å². The fraction of sp³-hybridized carbons (Fsp3) is 1.00. The highest BCUT2D eigenvalue weighted by Gasteiger charge is 2.16. The van der Waals surface area contributed by atoms with Crippen molar-refractivity contribution in [2.24, 2.45) is 0 Å². The fourth-order valence-corrected chi connectivity index (χ4v) is 0.687. The van der Waals surface area contributed by atoms with Crippen LogP contribution in [0.15, 0.2) is 0 Å². The van der Waals surface area contributed by atoms with Crippen molar-refractivity contribution < 1.29 is 15.1 Å². The van der Waals surface area contributed by atoms with Gasteiger partial charge in [0.25, 0.3) is 0 Å². The number of aliphatic hydroxyl groups excluding tert-OH is 2. The Hall–Kier alpha value is -0.200. The predicted octanol–water partition coefficient (Wildman–Crippen LogP) is -2.17. The predicted molar refractivity (Wildman–Crippen MR) is 38.8 cm³/mol. The van der Waals surface area contributed by atoms with Crippen molar-refractivity contribution in [3.63, 3.8) is 0 Å². The summed E-state index contributed by atoms with van der Waals surface area (Å²) in [5.74, 6) is 0. The summed E-state index contributed by atoms with van der Waals surface area (Å²) in [6, 6.07) is 0.348. The van der Waals surface area contributed by atoms with Crippen molar-refractivity contribution in [1.29, 1.82) is 0 Å². The first-order chi connectivity index (χ1) is 5.33. The second kappa shape index (κ2) is 4.63. The Labute approximate surface area is 65.3 Å². The summed E-state index contributed by atoms with van der Waals surface area (Å²) >= 11 is 0. The molecule has 1 unspecified atom stereocenters. The van der Waals surface area contributed by atoms with Gasteiger partial charge in [0.15, 0.2) is 0 Å². The zero-order chi connectivity index (χ0) is 8.10. The zero-order valence-corrected chi connectivity index (χ0v) is 6.29. The molecule has 1 aliphatic rings. The Morgan fingerprint density at radius 2 is 2.36 bits per heavy atom. The molecular formula is C6H14N2O3. The highest BCUT2D eigenvalue weighted by Crippen LogP contribution is 1.90. The van der Waals surface area contributed by atoms with Crippen molar-refractivity contribution in [2.45, 2.75) is 12.1 Å². The molecule has 0 amide bonds. The third kappa shape index (κ3) is 3.13. The first kappa shape index (κ1) is 8.89. The molecule has 4 N–H and O–H groups in total. The smallest absolute Gasteiger partial charge is 0.102 e. The molecule has 1 saturated heterocycles. The van der Waals surface area contributed by atoms with Gasteiger partial charge in [-0.1, -0.05) is 0 Å². The van der Waals surface area contributed by atoms with Crippen molar-refractivity contribution in [1.82, 2.24) is 10.8 Å². The van der Waals surface area contributed by atoms with E-state index in [0.717, 1.165) is 13.1 Å². The molecule has 0 aromatic heterocycles. The molecule has 66 valence electrons. The second-order valence-electron chi connectivity index (χ2n) is 2.62. The minimum Gasteiger partial charge on any atom is -0.394 e. The summed E-state index contributed by atoms with van der Waals surface area (Å²) in [6.07, 6.45) is -0.782. The van der Waals surface area contributed by atoms with Crippen molar-refractivity contribution in [3.8, 4) is 0 Å². The van der Waals surface area contributed by atoms with Crippen LogP contribution in [0.1, 0.15) is 0 Å². The fourth-order valence-electron chi connectivity index (χ4n) is 0.687. The lowest BCUT2D eigenvalue weighted by molar-refractivity contribution is -0.0557. The van der Waals surface area contributed by atoms with Crippen molar-refractivity contribution in [2.75, 3.05) is 26.3 Å². The molecule has 1 fully saturated rings. The highest BCUT2D eigenvalue weighted by molar-refractivity contribution is 4.78. The van der Waals surface area contributed by atoms with E-state index in [1.165, 1.54) is 0 Å². The first-order valence-electron chi connectivity index (χ1n) is 3.70. The average Bonchev–Trinajstić information content (AvgIpc) is 1.94.